The number of fused-ring (bicyclic) bond motifs is 4. The number of hydrogen-bond acceptors (Lipinski definition) is 5. The fraction of sp³-hybridized carbons (Fsp3) is 0.556. The zero-order chi connectivity index (χ0) is 25.7. The molecule has 0 saturated carbocycles. The Bertz CT molecular complexity index is 992. The molecule has 2 heterocycles. The standard InChI is InChI=1S/C27H37ClN2O5/c1-16-8-6-7-9-20-15-22(35-27(33)29-20)18(3)26(32)17(2)10-11-24(31)30(4)21-13-19(12-16)14-23(34-5)25(21)28/h6-8,13-14,17-18,20,22,26,32H,9-12,15H2,1-5H3,(H,29,33)/b7-6+,16-8+/t17?,18-,20?,22+,26-/m1/s1. The van der Waals surface area contributed by atoms with Gasteiger partial charge < -0.3 is 24.8 Å². The van der Waals surface area contributed by atoms with Crippen molar-refractivity contribution in [1.29, 1.82) is 0 Å². The first-order valence-corrected chi connectivity index (χ1v) is 12.6. The van der Waals surface area contributed by atoms with Gasteiger partial charge in [0.1, 0.15) is 16.9 Å². The summed E-state index contributed by atoms with van der Waals surface area (Å²) >= 11 is 6.57. The second kappa shape index (κ2) is 12.0. The van der Waals surface area contributed by atoms with Crippen molar-refractivity contribution >= 4 is 29.3 Å². The number of rotatable bonds is 1. The number of carbonyl (C=O) groups is 2. The second-order valence-corrected chi connectivity index (χ2v) is 10.2. The Hall–Kier alpha value is -2.51. The Balaban J connectivity index is 1.93. The summed E-state index contributed by atoms with van der Waals surface area (Å²) in [4.78, 5) is 26.8. The van der Waals surface area contributed by atoms with Crippen LogP contribution in [0, 0.1) is 11.8 Å². The van der Waals surface area contributed by atoms with Crippen molar-refractivity contribution in [1.82, 2.24) is 5.32 Å². The van der Waals surface area contributed by atoms with Gasteiger partial charge in [0.2, 0.25) is 5.91 Å². The van der Waals surface area contributed by atoms with Crippen LogP contribution in [-0.4, -0.2) is 49.5 Å². The van der Waals surface area contributed by atoms with Crippen molar-refractivity contribution < 1.29 is 24.2 Å². The van der Waals surface area contributed by atoms with Crippen LogP contribution in [0.15, 0.2) is 35.9 Å². The molecule has 8 heteroatoms. The molecule has 2 aliphatic rings. The molecule has 0 radical (unpaired) electrons. The fourth-order valence-corrected chi connectivity index (χ4v) is 5.07. The van der Waals surface area contributed by atoms with Crippen molar-refractivity contribution in [2.24, 2.45) is 11.8 Å². The number of halogens is 1. The van der Waals surface area contributed by atoms with E-state index in [-0.39, 0.29) is 36.3 Å². The predicted octanol–water partition coefficient (Wildman–Crippen LogP) is 5.04. The molecule has 2 unspecified atom stereocenters. The van der Waals surface area contributed by atoms with Gasteiger partial charge in [-0.1, -0.05) is 49.2 Å². The number of allylic oxidation sites excluding steroid dienone is 3. The molecule has 1 fully saturated rings. The quantitative estimate of drug-likeness (QED) is 0.559. The molecular formula is C27H37ClN2O5. The van der Waals surface area contributed by atoms with Gasteiger partial charge in [0.25, 0.3) is 0 Å². The van der Waals surface area contributed by atoms with E-state index in [1.807, 2.05) is 51.1 Å². The van der Waals surface area contributed by atoms with E-state index < -0.39 is 12.2 Å². The number of benzene rings is 1. The highest BCUT2D eigenvalue weighted by Gasteiger charge is 2.36. The molecule has 2 aliphatic heterocycles. The molecule has 7 nitrogen and oxygen atoms in total. The second-order valence-electron chi connectivity index (χ2n) is 9.82. The van der Waals surface area contributed by atoms with Gasteiger partial charge in [-0.25, -0.2) is 4.79 Å². The van der Waals surface area contributed by atoms with Gasteiger partial charge in [-0.2, -0.15) is 0 Å². The minimum atomic E-state index is -0.708. The molecule has 1 saturated heterocycles. The normalized spacial score (nSPS) is 31.1. The smallest absolute Gasteiger partial charge is 0.407 e. The summed E-state index contributed by atoms with van der Waals surface area (Å²) in [6, 6.07) is 3.76. The lowest BCUT2D eigenvalue weighted by atomic mass is 9.84. The molecule has 5 atom stereocenters. The first kappa shape index (κ1) is 27.1. The van der Waals surface area contributed by atoms with Crippen molar-refractivity contribution in [3.63, 3.8) is 0 Å². The number of nitrogens with one attached hydrogen (secondary N) is 1. The molecule has 0 aliphatic carbocycles. The predicted molar refractivity (Wildman–Crippen MR) is 138 cm³/mol. The zero-order valence-corrected chi connectivity index (χ0v) is 22.0. The molecule has 1 aromatic carbocycles. The molecule has 192 valence electrons. The summed E-state index contributed by atoms with van der Waals surface area (Å²) in [6.45, 7) is 5.86. The van der Waals surface area contributed by atoms with E-state index in [2.05, 4.69) is 5.32 Å². The Labute approximate surface area is 213 Å². The Kier molecular flexibility index (Phi) is 9.25. The third-order valence-electron chi connectivity index (χ3n) is 7.07. The summed E-state index contributed by atoms with van der Waals surface area (Å²) in [6.07, 6.45) is 7.23. The monoisotopic (exact) mass is 504 g/mol. The summed E-state index contributed by atoms with van der Waals surface area (Å²) < 4.78 is 11.0. The van der Waals surface area contributed by atoms with Crippen LogP contribution in [0.3, 0.4) is 0 Å². The number of alkyl carbamates (subject to hydrolysis) is 1. The van der Waals surface area contributed by atoms with E-state index in [0.29, 0.717) is 42.1 Å². The van der Waals surface area contributed by atoms with Crippen molar-refractivity contribution in [2.45, 2.75) is 71.1 Å². The van der Waals surface area contributed by atoms with Crippen molar-refractivity contribution in [3.8, 4) is 5.75 Å². The summed E-state index contributed by atoms with van der Waals surface area (Å²) in [5, 5.41) is 14.3. The van der Waals surface area contributed by atoms with Gasteiger partial charge in [0.15, 0.2) is 0 Å². The molecule has 2 amide bonds. The van der Waals surface area contributed by atoms with Crippen molar-refractivity contribution in [3.05, 3.63) is 46.5 Å². The third-order valence-corrected chi connectivity index (χ3v) is 7.45. The number of aliphatic hydroxyl groups excluding tert-OH is 1. The summed E-state index contributed by atoms with van der Waals surface area (Å²) in [7, 11) is 3.27. The number of amides is 2. The van der Waals surface area contributed by atoms with Gasteiger partial charge in [0.05, 0.1) is 18.9 Å². The summed E-state index contributed by atoms with van der Waals surface area (Å²) in [5.41, 5.74) is 2.71. The molecule has 1 aromatic rings. The average molecular weight is 505 g/mol. The van der Waals surface area contributed by atoms with E-state index in [9.17, 15) is 14.7 Å². The van der Waals surface area contributed by atoms with E-state index >= 15 is 0 Å². The number of anilines is 1. The van der Waals surface area contributed by atoms with Crippen LogP contribution < -0.4 is 15.0 Å². The SMILES string of the molecule is COc1cc2cc(c1Cl)N(C)C(=O)CCC(C)[C@@H](O)[C@H](C)[C@@H]1CC(C/C=C/C=C(\C)C2)NC(=O)O1. The van der Waals surface area contributed by atoms with Crippen LogP contribution >= 0.6 is 11.6 Å². The molecule has 4 bridgehead atoms. The molecule has 3 rings (SSSR count). The Morgan fingerprint density at radius 3 is 2.71 bits per heavy atom. The van der Waals surface area contributed by atoms with Crippen molar-refractivity contribution in [2.75, 3.05) is 19.1 Å². The van der Waals surface area contributed by atoms with Crippen LogP contribution in [0.1, 0.15) is 52.0 Å². The minimum Gasteiger partial charge on any atom is -0.495 e. The first-order chi connectivity index (χ1) is 16.6. The maximum atomic E-state index is 13.1. The number of carbonyl (C=O) groups excluding carboxylic acids is 2. The lowest BCUT2D eigenvalue weighted by Crippen LogP contribution is -2.49. The maximum absolute atomic E-state index is 13.1. The highest BCUT2D eigenvalue weighted by Crippen LogP contribution is 2.37. The Morgan fingerprint density at radius 2 is 2.00 bits per heavy atom. The van der Waals surface area contributed by atoms with Gasteiger partial charge >= 0.3 is 6.09 Å². The van der Waals surface area contributed by atoms with Crippen LogP contribution in [0.4, 0.5) is 10.5 Å². The number of aliphatic hydroxyl groups is 1. The van der Waals surface area contributed by atoms with Crippen LogP contribution in [-0.2, 0) is 16.0 Å². The lowest BCUT2D eigenvalue weighted by Gasteiger charge is -2.36. The largest absolute Gasteiger partial charge is 0.495 e. The van der Waals surface area contributed by atoms with Gasteiger partial charge in [-0.15, -0.1) is 0 Å². The van der Waals surface area contributed by atoms with E-state index in [1.54, 1.807) is 19.1 Å². The van der Waals surface area contributed by atoms with E-state index in [4.69, 9.17) is 21.1 Å². The zero-order valence-electron chi connectivity index (χ0n) is 21.2. The number of hydrogen-bond donors (Lipinski definition) is 2. The lowest BCUT2D eigenvalue weighted by molar-refractivity contribution is -0.118. The molecular weight excluding hydrogens is 468 g/mol. The topological polar surface area (TPSA) is 88.1 Å². The van der Waals surface area contributed by atoms with Gasteiger partial charge in [-0.3, -0.25) is 4.79 Å². The van der Waals surface area contributed by atoms with E-state index in [1.165, 1.54) is 0 Å². The summed E-state index contributed by atoms with van der Waals surface area (Å²) in [5.74, 6) is 0.0162. The van der Waals surface area contributed by atoms with Crippen LogP contribution in [0.25, 0.3) is 0 Å². The average Bonchev–Trinajstić information content (AvgIpc) is 2.83. The van der Waals surface area contributed by atoms with Gasteiger partial charge in [-0.05, 0) is 49.8 Å². The van der Waals surface area contributed by atoms with Crippen LogP contribution in [0.2, 0.25) is 5.02 Å². The number of ether oxygens (including phenoxy) is 2. The highest BCUT2D eigenvalue weighted by molar-refractivity contribution is 6.35. The fourth-order valence-electron chi connectivity index (χ4n) is 4.75. The minimum absolute atomic E-state index is 0.0587. The molecule has 0 spiro atoms. The number of nitrogens with zero attached hydrogens (tertiary/aromatic N) is 1. The maximum Gasteiger partial charge on any atom is 0.407 e. The molecule has 2 N–H and O–H groups in total. The molecule has 0 aromatic heterocycles. The van der Waals surface area contributed by atoms with Crippen LogP contribution in [0.5, 0.6) is 5.75 Å². The first-order valence-electron chi connectivity index (χ1n) is 12.2. The Morgan fingerprint density at radius 1 is 1.26 bits per heavy atom. The molecule has 35 heavy (non-hydrogen) atoms. The number of methoxy groups -OCH3 is 1. The highest BCUT2D eigenvalue weighted by atomic mass is 35.5. The van der Waals surface area contributed by atoms with E-state index in [0.717, 1.165) is 11.1 Å². The van der Waals surface area contributed by atoms with Gasteiger partial charge in [0, 0.05) is 31.8 Å². The third kappa shape index (κ3) is 6.79.